The number of carbonyl (C=O) groups excluding carboxylic acids is 1. The molecule has 2 heterocycles. The van der Waals surface area contributed by atoms with Gasteiger partial charge < -0.3 is 9.52 Å². The Kier molecular flexibility index (Phi) is 6.03. The van der Waals surface area contributed by atoms with Crippen molar-refractivity contribution in [1.82, 2.24) is 0 Å². The number of halogens is 2. The van der Waals surface area contributed by atoms with Gasteiger partial charge in [-0.2, -0.15) is 0 Å². The third-order valence-corrected chi connectivity index (χ3v) is 6.29. The lowest BCUT2D eigenvalue weighted by Crippen LogP contribution is -2.25. The van der Waals surface area contributed by atoms with Crippen molar-refractivity contribution in [1.29, 1.82) is 0 Å². The molecule has 1 aliphatic rings. The number of aromatic carboxylic acids is 1. The molecule has 7 heteroatoms. The van der Waals surface area contributed by atoms with Gasteiger partial charge in [0.2, 0.25) is 0 Å². The van der Waals surface area contributed by atoms with E-state index in [4.69, 9.17) is 27.6 Å². The highest BCUT2D eigenvalue weighted by molar-refractivity contribution is 6.42. The van der Waals surface area contributed by atoms with E-state index in [-0.39, 0.29) is 11.5 Å². The average Bonchev–Trinajstić information content (AvgIpc) is 3.46. The van der Waals surface area contributed by atoms with E-state index in [1.54, 1.807) is 59.5 Å². The van der Waals surface area contributed by atoms with Crippen molar-refractivity contribution >= 4 is 52.5 Å². The largest absolute Gasteiger partial charge is 0.478 e. The van der Waals surface area contributed by atoms with Gasteiger partial charge in [-0.15, -0.1) is 0 Å². The molecular formula is C28H17Cl2NO4. The first-order chi connectivity index (χ1) is 16.9. The average molecular weight is 502 g/mol. The Labute approximate surface area is 211 Å². The van der Waals surface area contributed by atoms with Crippen molar-refractivity contribution in [3.05, 3.63) is 124 Å². The van der Waals surface area contributed by atoms with Crippen LogP contribution in [0.5, 0.6) is 0 Å². The summed E-state index contributed by atoms with van der Waals surface area (Å²) in [6.07, 6.45) is 3.47. The summed E-state index contributed by atoms with van der Waals surface area (Å²) in [6.45, 7) is 0. The molecule has 0 unspecified atom stereocenters. The number of rotatable bonds is 5. The zero-order chi connectivity index (χ0) is 24.5. The highest BCUT2D eigenvalue weighted by atomic mass is 35.5. The Hall–Kier alpha value is -4.06. The lowest BCUT2D eigenvalue weighted by molar-refractivity contribution is -0.113. The van der Waals surface area contributed by atoms with Crippen molar-refractivity contribution in [3.63, 3.8) is 0 Å². The third kappa shape index (κ3) is 4.52. The van der Waals surface area contributed by atoms with Crippen LogP contribution in [0.2, 0.25) is 10.0 Å². The Morgan fingerprint density at radius 1 is 0.857 bits per heavy atom. The van der Waals surface area contributed by atoms with E-state index in [9.17, 15) is 14.7 Å². The molecule has 0 saturated carbocycles. The second kappa shape index (κ2) is 9.29. The number of hydrogen-bond donors (Lipinski definition) is 1. The summed E-state index contributed by atoms with van der Waals surface area (Å²) in [5, 5.41) is 10.1. The molecule has 0 spiro atoms. The number of furan rings is 1. The van der Waals surface area contributed by atoms with Gasteiger partial charge in [0, 0.05) is 16.8 Å². The number of anilines is 1. The summed E-state index contributed by atoms with van der Waals surface area (Å²) < 4.78 is 5.96. The summed E-state index contributed by atoms with van der Waals surface area (Å²) in [5.74, 6) is -0.186. The minimum absolute atomic E-state index is 0.145. The topological polar surface area (TPSA) is 70.8 Å². The van der Waals surface area contributed by atoms with Crippen LogP contribution in [-0.2, 0) is 4.79 Å². The predicted molar refractivity (Wildman–Crippen MR) is 137 cm³/mol. The fraction of sp³-hybridized carbons (Fsp3) is 0. The van der Waals surface area contributed by atoms with Crippen molar-refractivity contribution in [2.24, 2.45) is 0 Å². The highest BCUT2D eigenvalue weighted by Gasteiger charge is 2.30. The van der Waals surface area contributed by atoms with Crippen LogP contribution >= 0.6 is 23.2 Å². The van der Waals surface area contributed by atoms with Crippen LogP contribution in [0.25, 0.3) is 23.1 Å². The SMILES string of the molecule is O=C(O)c1ccc(N2C(=O)/C(=C/c3ccc(-c4ccc(Cl)c(Cl)c4)o3)C=C2c2ccccc2)cc1. The first-order valence-electron chi connectivity index (χ1n) is 10.6. The fourth-order valence-corrected chi connectivity index (χ4v) is 4.13. The van der Waals surface area contributed by atoms with Gasteiger partial charge in [-0.3, -0.25) is 9.69 Å². The number of nitrogens with zero attached hydrogens (tertiary/aromatic N) is 1. The van der Waals surface area contributed by atoms with E-state index in [0.29, 0.717) is 38.5 Å². The fourth-order valence-electron chi connectivity index (χ4n) is 3.83. The van der Waals surface area contributed by atoms with E-state index < -0.39 is 5.97 Å². The second-order valence-corrected chi connectivity index (χ2v) is 8.63. The molecule has 1 N–H and O–H groups in total. The van der Waals surface area contributed by atoms with E-state index in [1.807, 2.05) is 30.3 Å². The Morgan fingerprint density at radius 2 is 1.60 bits per heavy atom. The number of hydrogen-bond acceptors (Lipinski definition) is 3. The van der Waals surface area contributed by atoms with Crippen molar-refractivity contribution < 1.29 is 19.1 Å². The molecule has 0 bridgehead atoms. The van der Waals surface area contributed by atoms with Crippen LogP contribution < -0.4 is 4.90 Å². The molecule has 3 aromatic carbocycles. The van der Waals surface area contributed by atoms with Crippen LogP contribution in [0.15, 0.2) is 101 Å². The van der Waals surface area contributed by atoms with Gasteiger partial charge in [0.15, 0.2) is 0 Å². The number of benzene rings is 3. The summed E-state index contributed by atoms with van der Waals surface area (Å²) in [5.41, 5.74) is 3.44. The molecule has 0 aliphatic carbocycles. The van der Waals surface area contributed by atoms with Gasteiger partial charge in [-0.1, -0.05) is 53.5 Å². The minimum atomic E-state index is -1.03. The molecule has 1 aliphatic heterocycles. The van der Waals surface area contributed by atoms with Crippen LogP contribution in [0.1, 0.15) is 21.7 Å². The number of carboxylic acid groups (broad SMARTS) is 1. The second-order valence-electron chi connectivity index (χ2n) is 7.82. The van der Waals surface area contributed by atoms with Crippen LogP contribution in [0, 0.1) is 0 Å². The lowest BCUT2D eigenvalue weighted by atomic mass is 10.1. The van der Waals surface area contributed by atoms with Crippen LogP contribution in [-0.4, -0.2) is 17.0 Å². The van der Waals surface area contributed by atoms with Crippen molar-refractivity contribution in [2.45, 2.75) is 0 Å². The Morgan fingerprint density at radius 3 is 2.29 bits per heavy atom. The first kappa shape index (κ1) is 22.7. The summed E-state index contributed by atoms with van der Waals surface area (Å²) in [6, 6.07) is 24.5. The maximum absolute atomic E-state index is 13.5. The predicted octanol–water partition coefficient (Wildman–Crippen LogP) is 7.42. The van der Waals surface area contributed by atoms with Gasteiger partial charge in [0.25, 0.3) is 5.91 Å². The molecule has 172 valence electrons. The molecule has 0 atom stereocenters. The molecule has 35 heavy (non-hydrogen) atoms. The van der Waals surface area contributed by atoms with E-state index >= 15 is 0 Å². The standard InChI is InChI=1S/C28H17Cl2NO4/c29-23-12-8-19(15-24(23)30)26-13-11-22(35-26)14-20-16-25(17-4-2-1-3-5-17)31(27(20)32)21-9-6-18(7-10-21)28(33)34/h1-16H,(H,33,34)/b20-14+. The molecule has 5 nitrogen and oxygen atoms in total. The van der Waals surface area contributed by atoms with Crippen LogP contribution in [0.3, 0.4) is 0 Å². The molecular weight excluding hydrogens is 485 g/mol. The quantitative estimate of drug-likeness (QED) is 0.288. The van der Waals surface area contributed by atoms with Gasteiger partial charge >= 0.3 is 5.97 Å². The maximum Gasteiger partial charge on any atom is 0.335 e. The first-order valence-corrected chi connectivity index (χ1v) is 11.4. The molecule has 1 aromatic heterocycles. The molecule has 1 amide bonds. The molecule has 0 fully saturated rings. The summed E-state index contributed by atoms with van der Waals surface area (Å²) in [7, 11) is 0. The summed E-state index contributed by atoms with van der Waals surface area (Å²) in [4.78, 5) is 26.3. The van der Waals surface area contributed by atoms with Crippen molar-refractivity contribution in [3.8, 4) is 11.3 Å². The van der Waals surface area contributed by atoms with E-state index in [2.05, 4.69) is 0 Å². The molecule has 0 radical (unpaired) electrons. The monoisotopic (exact) mass is 501 g/mol. The Bertz CT molecular complexity index is 1500. The van der Waals surface area contributed by atoms with E-state index in [1.165, 1.54) is 12.1 Å². The van der Waals surface area contributed by atoms with E-state index in [0.717, 1.165) is 11.1 Å². The summed E-state index contributed by atoms with van der Waals surface area (Å²) >= 11 is 12.1. The van der Waals surface area contributed by atoms with Gasteiger partial charge in [0.05, 0.1) is 21.3 Å². The van der Waals surface area contributed by atoms with Crippen molar-refractivity contribution in [2.75, 3.05) is 4.90 Å². The Balaban J connectivity index is 1.52. The lowest BCUT2D eigenvalue weighted by Gasteiger charge is -2.21. The van der Waals surface area contributed by atoms with Gasteiger partial charge in [-0.05, 0) is 72.3 Å². The highest BCUT2D eigenvalue weighted by Crippen LogP contribution is 2.36. The molecule has 5 rings (SSSR count). The van der Waals surface area contributed by atoms with Crippen LogP contribution in [0.4, 0.5) is 5.69 Å². The third-order valence-electron chi connectivity index (χ3n) is 5.55. The zero-order valence-corrected chi connectivity index (χ0v) is 19.6. The molecule has 0 saturated heterocycles. The number of carboxylic acids is 1. The van der Waals surface area contributed by atoms with Gasteiger partial charge in [-0.25, -0.2) is 4.79 Å². The zero-order valence-electron chi connectivity index (χ0n) is 18.1. The smallest absolute Gasteiger partial charge is 0.335 e. The van der Waals surface area contributed by atoms with Gasteiger partial charge in [0.1, 0.15) is 11.5 Å². The number of amides is 1. The normalized spacial score (nSPS) is 14.5. The maximum atomic E-state index is 13.5. The molecule has 4 aromatic rings. The minimum Gasteiger partial charge on any atom is -0.478 e. The number of carbonyl (C=O) groups is 2.